The summed E-state index contributed by atoms with van der Waals surface area (Å²) in [6.07, 6.45) is -5.10. The zero-order valence-corrected chi connectivity index (χ0v) is 16.3. The minimum Gasteiger partial charge on any atom is -0.469 e. The molecule has 0 bridgehead atoms. The zero-order chi connectivity index (χ0) is 21.2. The second-order valence-corrected chi connectivity index (χ2v) is 7.64. The van der Waals surface area contributed by atoms with Crippen LogP contribution in [0, 0.1) is 11.8 Å². The van der Waals surface area contributed by atoms with E-state index in [0.717, 1.165) is 26.0 Å². The third-order valence-electron chi connectivity index (χ3n) is 4.34. The average molecular weight is 397 g/mol. The summed E-state index contributed by atoms with van der Waals surface area (Å²) >= 11 is 0. The highest BCUT2D eigenvalue weighted by Crippen LogP contribution is 2.37. The van der Waals surface area contributed by atoms with Gasteiger partial charge in [-0.25, -0.2) is 4.79 Å². The number of methoxy groups -OCH3 is 2. The summed E-state index contributed by atoms with van der Waals surface area (Å²) in [7, 11) is 2.15. The summed E-state index contributed by atoms with van der Waals surface area (Å²) in [5, 5.41) is 0. The van der Waals surface area contributed by atoms with Crippen molar-refractivity contribution in [2.75, 3.05) is 27.3 Å². The summed E-state index contributed by atoms with van der Waals surface area (Å²) in [6, 6.07) is 0. The number of hydrogen-bond acceptors (Lipinski definition) is 6. The van der Waals surface area contributed by atoms with Crippen molar-refractivity contribution in [1.29, 1.82) is 0 Å². The van der Waals surface area contributed by atoms with Crippen LogP contribution in [-0.2, 0) is 28.6 Å². The fraction of sp³-hybridized carbons (Fsp3) is 0.824. The first-order chi connectivity index (χ1) is 12.2. The minimum absolute atomic E-state index is 0.306. The highest BCUT2D eigenvalue weighted by molar-refractivity contribution is 6.06. The number of ether oxygens (including phenoxy) is 3. The normalized spacial score (nSPS) is 23.4. The van der Waals surface area contributed by atoms with E-state index in [1.54, 1.807) is 20.8 Å². The zero-order valence-electron chi connectivity index (χ0n) is 16.3. The van der Waals surface area contributed by atoms with Gasteiger partial charge in [0.25, 0.3) is 5.91 Å². The Labute approximate surface area is 156 Å². The molecule has 0 aliphatic carbocycles. The van der Waals surface area contributed by atoms with Gasteiger partial charge in [0.2, 0.25) is 5.60 Å². The van der Waals surface area contributed by atoms with Crippen LogP contribution in [0.15, 0.2) is 0 Å². The molecule has 7 nitrogen and oxygen atoms in total. The fourth-order valence-electron chi connectivity index (χ4n) is 2.77. The molecule has 0 aromatic carbocycles. The molecule has 27 heavy (non-hydrogen) atoms. The quantitative estimate of drug-likeness (QED) is 0.533. The van der Waals surface area contributed by atoms with Gasteiger partial charge in [0.1, 0.15) is 5.60 Å². The second-order valence-electron chi connectivity index (χ2n) is 7.64. The molecule has 1 rings (SSSR count). The number of rotatable bonds is 4. The van der Waals surface area contributed by atoms with Gasteiger partial charge in [-0.15, -0.1) is 0 Å². The molecule has 0 radical (unpaired) electrons. The Bertz CT molecular complexity index is 586. The van der Waals surface area contributed by atoms with Crippen molar-refractivity contribution in [3.63, 3.8) is 0 Å². The largest absolute Gasteiger partial charge is 0.469 e. The lowest BCUT2D eigenvalue weighted by Crippen LogP contribution is -2.59. The van der Waals surface area contributed by atoms with Gasteiger partial charge in [-0.05, 0) is 34.1 Å². The smallest absolute Gasteiger partial charge is 0.393 e. The summed E-state index contributed by atoms with van der Waals surface area (Å²) in [5.74, 6) is -5.94. The molecule has 0 N–H and O–H groups in total. The monoisotopic (exact) mass is 397 g/mol. The summed E-state index contributed by atoms with van der Waals surface area (Å²) < 4.78 is 54.5. The Morgan fingerprint density at radius 1 is 1.00 bits per heavy atom. The number of likely N-dealkylation sites (tertiary alicyclic amines) is 1. The first kappa shape index (κ1) is 23.2. The lowest BCUT2D eigenvalue weighted by Gasteiger charge is -2.40. The average Bonchev–Trinajstić information content (AvgIpc) is 2.56. The van der Waals surface area contributed by atoms with Crippen LogP contribution in [0.2, 0.25) is 0 Å². The molecule has 0 aromatic rings. The van der Waals surface area contributed by atoms with E-state index in [2.05, 4.69) is 4.74 Å². The molecular weight excluding hydrogens is 371 g/mol. The summed E-state index contributed by atoms with van der Waals surface area (Å²) in [4.78, 5) is 37.9. The van der Waals surface area contributed by atoms with Crippen molar-refractivity contribution in [1.82, 2.24) is 4.90 Å². The predicted molar refractivity (Wildman–Crippen MR) is 87.5 cm³/mol. The topological polar surface area (TPSA) is 82.1 Å². The first-order valence-corrected chi connectivity index (χ1v) is 8.38. The number of amides is 1. The molecule has 0 aromatic heterocycles. The molecule has 1 aliphatic heterocycles. The van der Waals surface area contributed by atoms with E-state index in [4.69, 9.17) is 9.47 Å². The standard InChI is InChI=1S/C17H26F3NO6/c1-15(2,3)27-14(24)16(4,26-6)13(23)21-8-10(12(22)25-5)7-11(9-21)17(18,19)20/h10-11H,7-9H2,1-6H3/t10-,11+,16?/m1/s1. The molecule has 1 aliphatic rings. The molecule has 1 saturated heterocycles. The summed E-state index contributed by atoms with van der Waals surface area (Å²) in [5.41, 5.74) is -3.07. The van der Waals surface area contributed by atoms with Gasteiger partial charge >= 0.3 is 18.1 Å². The lowest BCUT2D eigenvalue weighted by atomic mass is 9.87. The molecule has 3 atom stereocenters. The molecule has 1 heterocycles. The predicted octanol–water partition coefficient (Wildman–Crippen LogP) is 1.93. The third-order valence-corrected chi connectivity index (χ3v) is 4.34. The fourth-order valence-corrected chi connectivity index (χ4v) is 2.77. The molecule has 0 saturated carbocycles. The number of hydrogen-bond donors (Lipinski definition) is 0. The Hall–Kier alpha value is -1.84. The van der Waals surface area contributed by atoms with Crippen molar-refractivity contribution in [2.24, 2.45) is 11.8 Å². The van der Waals surface area contributed by atoms with Crippen LogP contribution in [-0.4, -0.2) is 67.4 Å². The van der Waals surface area contributed by atoms with Crippen LogP contribution in [0.4, 0.5) is 13.2 Å². The molecule has 1 amide bonds. The second kappa shape index (κ2) is 8.04. The van der Waals surface area contributed by atoms with Gasteiger partial charge < -0.3 is 19.1 Å². The third kappa shape index (κ3) is 5.57. The van der Waals surface area contributed by atoms with E-state index in [-0.39, 0.29) is 6.54 Å². The van der Waals surface area contributed by atoms with E-state index >= 15 is 0 Å². The van der Waals surface area contributed by atoms with Gasteiger partial charge in [0, 0.05) is 20.2 Å². The SMILES string of the molecule is COC(=O)[C@@H]1C[C@H](C(F)(F)F)CN(C(=O)C(C)(OC)C(=O)OC(C)(C)C)C1. The molecule has 10 heteroatoms. The molecule has 156 valence electrons. The van der Waals surface area contributed by atoms with E-state index in [1.807, 2.05) is 0 Å². The van der Waals surface area contributed by atoms with Gasteiger partial charge in [-0.1, -0.05) is 0 Å². The Morgan fingerprint density at radius 3 is 1.96 bits per heavy atom. The van der Waals surface area contributed by atoms with Gasteiger partial charge in [-0.3, -0.25) is 9.59 Å². The highest BCUT2D eigenvalue weighted by Gasteiger charge is 2.52. The maximum atomic E-state index is 13.3. The van der Waals surface area contributed by atoms with Gasteiger partial charge in [-0.2, -0.15) is 13.2 Å². The lowest BCUT2D eigenvalue weighted by molar-refractivity contribution is -0.202. The van der Waals surface area contributed by atoms with Crippen LogP contribution in [0.5, 0.6) is 0 Å². The molecular formula is C17H26F3NO6. The first-order valence-electron chi connectivity index (χ1n) is 8.38. The number of carbonyl (C=O) groups excluding carboxylic acids is 3. The van der Waals surface area contributed by atoms with Gasteiger partial charge in [0.05, 0.1) is 18.9 Å². The molecule has 1 fully saturated rings. The van der Waals surface area contributed by atoms with E-state index in [1.165, 1.54) is 0 Å². The van der Waals surface area contributed by atoms with Crippen molar-refractivity contribution in [3.8, 4) is 0 Å². The number of nitrogens with zero attached hydrogens (tertiary/aromatic N) is 1. The van der Waals surface area contributed by atoms with E-state index in [0.29, 0.717) is 0 Å². The summed E-state index contributed by atoms with van der Waals surface area (Å²) in [6.45, 7) is 4.89. The van der Waals surface area contributed by atoms with E-state index < -0.39 is 60.0 Å². The molecule has 0 spiro atoms. The number of piperidine rings is 1. The van der Waals surface area contributed by atoms with Crippen molar-refractivity contribution >= 4 is 17.8 Å². The number of carbonyl (C=O) groups is 3. The maximum Gasteiger partial charge on any atom is 0.393 e. The van der Waals surface area contributed by atoms with Crippen molar-refractivity contribution in [2.45, 2.75) is 51.5 Å². The minimum atomic E-state index is -4.61. The van der Waals surface area contributed by atoms with Crippen LogP contribution in [0.1, 0.15) is 34.1 Å². The van der Waals surface area contributed by atoms with Crippen LogP contribution in [0.25, 0.3) is 0 Å². The van der Waals surface area contributed by atoms with Crippen molar-refractivity contribution in [3.05, 3.63) is 0 Å². The number of halogens is 3. The van der Waals surface area contributed by atoms with Crippen LogP contribution >= 0.6 is 0 Å². The Kier molecular flexibility index (Phi) is 6.90. The van der Waals surface area contributed by atoms with Crippen molar-refractivity contribution < 1.29 is 41.8 Å². The van der Waals surface area contributed by atoms with E-state index in [9.17, 15) is 27.6 Å². The number of alkyl halides is 3. The highest BCUT2D eigenvalue weighted by atomic mass is 19.4. The maximum absolute atomic E-state index is 13.3. The number of esters is 2. The van der Waals surface area contributed by atoms with Gasteiger partial charge in [0.15, 0.2) is 0 Å². The van der Waals surface area contributed by atoms with Crippen LogP contribution in [0.3, 0.4) is 0 Å². The molecule has 1 unspecified atom stereocenters. The Balaban J connectivity index is 3.16. The van der Waals surface area contributed by atoms with Crippen LogP contribution < -0.4 is 0 Å². The Morgan fingerprint density at radius 2 is 1.56 bits per heavy atom.